The maximum atomic E-state index is 11.7. The second-order valence-electron chi connectivity index (χ2n) is 3.73. The van der Waals surface area contributed by atoms with Gasteiger partial charge in [0.15, 0.2) is 0 Å². The largest absolute Gasteiger partial charge is 0.510 e. The highest BCUT2D eigenvalue weighted by molar-refractivity contribution is 5.93. The van der Waals surface area contributed by atoms with Crippen molar-refractivity contribution >= 4 is 5.91 Å². The average molecular weight is 212 g/mol. The molecule has 0 saturated carbocycles. The summed E-state index contributed by atoms with van der Waals surface area (Å²) in [5.41, 5.74) is -0.364. The van der Waals surface area contributed by atoms with Gasteiger partial charge in [0.1, 0.15) is 5.76 Å². The molecule has 1 heterocycles. The zero-order valence-corrected chi connectivity index (χ0v) is 8.90. The van der Waals surface area contributed by atoms with Gasteiger partial charge in [-0.25, -0.2) is 0 Å². The minimum Gasteiger partial charge on any atom is -0.510 e. The summed E-state index contributed by atoms with van der Waals surface area (Å²) in [6.45, 7) is 2.59. The van der Waals surface area contributed by atoms with Gasteiger partial charge in [-0.3, -0.25) is 4.79 Å². The van der Waals surface area contributed by atoms with Crippen LogP contribution >= 0.6 is 0 Å². The number of aliphatic hydroxyl groups excluding tert-OH is 1. The number of hydrogen-bond acceptors (Lipinski definition) is 4. The molecule has 0 spiro atoms. The third-order valence-electron chi connectivity index (χ3n) is 2.53. The number of rotatable bonds is 2. The average Bonchev–Trinajstić information content (AvgIpc) is 2.45. The molecule has 1 N–H and O–H groups in total. The lowest BCUT2D eigenvalue weighted by molar-refractivity contribution is -0.127. The van der Waals surface area contributed by atoms with Gasteiger partial charge < -0.3 is 10.0 Å². The standard InChI is InChI=1S/C10H16N2O3/c1-8(13)9(11-15)10(14)12-6-4-2-3-5-7-12/h13H,2-7H2,1H3. The van der Waals surface area contributed by atoms with E-state index in [1.807, 2.05) is 0 Å². The molecule has 0 atom stereocenters. The van der Waals surface area contributed by atoms with Gasteiger partial charge in [-0.15, -0.1) is 4.91 Å². The summed E-state index contributed by atoms with van der Waals surface area (Å²) in [5, 5.41) is 11.7. The van der Waals surface area contributed by atoms with Crippen LogP contribution in [0.4, 0.5) is 0 Å². The van der Waals surface area contributed by atoms with Crippen LogP contribution in [0.1, 0.15) is 32.6 Å². The van der Waals surface area contributed by atoms with Crippen LogP contribution in [0.2, 0.25) is 0 Å². The maximum Gasteiger partial charge on any atom is 0.279 e. The second-order valence-corrected chi connectivity index (χ2v) is 3.73. The molecule has 0 radical (unpaired) electrons. The predicted octanol–water partition coefficient (Wildman–Crippen LogP) is 1.94. The fraction of sp³-hybridized carbons (Fsp3) is 0.700. The van der Waals surface area contributed by atoms with Crippen molar-refractivity contribution in [2.75, 3.05) is 13.1 Å². The van der Waals surface area contributed by atoms with Crippen molar-refractivity contribution in [2.45, 2.75) is 32.6 Å². The highest BCUT2D eigenvalue weighted by Gasteiger charge is 2.22. The predicted molar refractivity (Wildman–Crippen MR) is 56.2 cm³/mol. The van der Waals surface area contributed by atoms with E-state index in [2.05, 4.69) is 5.18 Å². The molecule has 84 valence electrons. The third kappa shape index (κ3) is 3.04. The Morgan fingerprint density at radius 1 is 1.20 bits per heavy atom. The zero-order valence-electron chi connectivity index (χ0n) is 8.90. The monoisotopic (exact) mass is 212 g/mol. The number of nitrogens with zero attached hydrogens (tertiary/aromatic N) is 2. The van der Waals surface area contributed by atoms with Crippen LogP contribution in [0.5, 0.6) is 0 Å². The maximum absolute atomic E-state index is 11.7. The minimum atomic E-state index is -0.452. The van der Waals surface area contributed by atoms with Gasteiger partial charge >= 0.3 is 0 Å². The van der Waals surface area contributed by atoms with Crippen LogP contribution in [-0.2, 0) is 4.79 Å². The SMILES string of the molecule is CC(O)=C(N=O)C(=O)N1CCCCCC1. The molecule has 1 fully saturated rings. The Kier molecular flexibility index (Phi) is 4.27. The van der Waals surface area contributed by atoms with Gasteiger partial charge in [0.2, 0.25) is 5.70 Å². The van der Waals surface area contributed by atoms with E-state index in [4.69, 9.17) is 5.11 Å². The first-order chi connectivity index (χ1) is 7.16. The molecule has 0 aliphatic carbocycles. The van der Waals surface area contributed by atoms with Crippen LogP contribution in [-0.4, -0.2) is 29.0 Å². The number of carbonyl (C=O) groups is 1. The Balaban J connectivity index is 2.73. The number of likely N-dealkylation sites (tertiary alicyclic amines) is 1. The molecule has 0 aromatic heterocycles. The van der Waals surface area contributed by atoms with Gasteiger partial charge in [0, 0.05) is 13.1 Å². The molecule has 0 aromatic carbocycles. The molecule has 0 bridgehead atoms. The fourth-order valence-corrected chi connectivity index (χ4v) is 1.68. The smallest absolute Gasteiger partial charge is 0.279 e. The quantitative estimate of drug-likeness (QED) is 0.432. The number of carbonyl (C=O) groups excluding carboxylic acids is 1. The van der Waals surface area contributed by atoms with Crippen molar-refractivity contribution in [2.24, 2.45) is 5.18 Å². The van der Waals surface area contributed by atoms with Crippen LogP contribution < -0.4 is 0 Å². The van der Waals surface area contributed by atoms with E-state index >= 15 is 0 Å². The lowest BCUT2D eigenvalue weighted by Gasteiger charge is -2.19. The summed E-state index contributed by atoms with van der Waals surface area (Å²) in [6, 6.07) is 0. The number of aliphatic hydroxyl groups is 1. The molecule has 1 aliphatic heterocycles. The van der Waals surface area contributed by atoms with Crippen molar-refractivity contribution in [1.82, 2.24) is 4.90 Å². The normalized spacial score (nSPS) is 19.1. The van der Waals surface area contributed by atoms with Gasteiger partial charge in [-0.05, 0) is 24.9 Å². The topological polar surface area (TPSA) is 70.0 Å². The van der Waals surface area contributed by atoms with Crippen molar-refractivity contribution < 1.29 is 9.90 Å². The van der Waals surface area contributed by atoms with Crippen LogP contribution in [0.15, 0.2) is 16.6 Å². The highest BCUT2D eigenvalue weighted by Crippen LogP contribution is 2.14. The van der Waals surface area contributed by atoms with Gasteiger partial charge in [0.05, 0.1) is 0 Å². The molecule has 5 heteroatoms. The summed E-state index contributed by atoms with van der Waals surface area (Å²) in [4.78, 5) is 23.7. The first kappa shape index (κ1) is 11.7. The van der Waals surface area contributed by atoms with E-state index in [9.17, 15) is 9.70 Å². The molecule has 1 aliphatic rings. The van der Waals surface area contributed by atoms with E-state index in [-0.39, 0.29) is 11.5 Å². The van der Waals surface area contributed by atoms with E-state index in [0.29, 0.717) is 13.1 Å². The molecule has 15 heavy (non-hydrogen) atoms. The second kappa shape index (κ2) is 5.48. The molecule has 1 saturated heterocycles. The summed E-state index contributed by atoms with van der Waals surface area (Å²) < 4.78 is 0. The Labute approximate surface area is 88.7 Å². The Bertz CT molecular complexity index is 274. The van der Waals surface area contributed by atoms with E-state index in [1.165, 1.54) is 6.92 Å². The number of hydrogen-bond donors (Lipinski definition) is 1. The summed E-state index contributed by atoms with van der Waals surface area (Å²) in [5.74, 6) is -0.758. The summed E-state index contributed by atoms with van der Waals surface area (Å²) in [6.07, 6.45) is 4.11. The molecule has 5 nitrogen and oxygen atoms in total. The number of amides is 1. The van der Waals surface area contributed by atoms with Gasteiger partial charge in [-0.1, -0.05) is 12.8 Å². The summed E-state index contributed by atoms with van der Waals surface area (Å²) >= 11 is 0. The van der Waals surface area contributed by atoms with Crippen LogP contribution in [0.3, 0.4) is 0 Å². The molecular weight excluding hydrogens is 196 g/mol. The molecule has 0 aromatic rings. The number of allylic oxidation sites excluding steroid dienone is 1. The van der Waals surface area contributed by atoms with E-state index in [0.717, 1.165) is 25.7 Å². The number of nitroso groups, excluding NO2 is 1. The van der Waals surface area contributed by atoms with Crippen molar-refractivity contribution in [3.05, 3.63) is 16.4 Å². The Morgan fingerprint density at radius 2 is 1.73 bits per heavy atom. The molecule has 1 rings (SSSR count). The lowest BCUT2D eigenvalue weighted by Crippen LogP contribution is -2.33. The van der Waals surface area contributed by atoms with Crippen LogP contribution in [0.25, 0.3) is 0 Å². The van der Waals surface area contributed by atoms with E-state index < -0.39 is 5.91 Å². The third-order valence-corrected chi connectivity index (χ3v) is 2.53. The Morgan fingerprint density at radius 3 is 2.13 bits per heavy atom. The molecular formula is C10H16N2O3. The van der Waals surface area contributed by atoms with Gasteiger partial charge in [-0.2, -0.15) is 0 Å². The minimum absolute atomic E-state index is 0.306. The fourth-order valence-electron chi connectivity index (χ4n) is 1.68. The lowest BCUT2D eigenvalue weighted by atomic mass is 10.2. The van der Waals surface area contributed by atoms with Crippen molar-refractivity contribution in [1.29, 1.82) is 0 Å². The first-order valence-corrected chi connectivity index (χ1v) is 5.19. The van der Waals surface area contributed by atoms with Gasteiger partial charge in [0.25, 0.3) is 5.91 Å². The zero-order chi connectivity index (χ0) is 11.3. The molecule has 1 amide bonds. The molecule has 0 unspecified atom stereocenters. The summed E-state index contributed by atoms with van der Waals surface area (Å²) in [7, 11) is 0. The highest BCUT2D eigenvalue weighted by atomic mass is 16.3. The van der Waals surface area contributed by atoms with Crippen LogP contribution in [0, 0.1) is 4.91 Å². The Hall–Kier alpha value is -1.39. The first-order valence-electron chi connectivity index (χ1n) is 5.19. The van der Waals surface area contributed by atoms with Crippen molar-refractivity contribution in [3.8, 4) is 0 Å². The van der Waals surface area contributed by atoms with E-state index in [1.54, 1.807) is 4.90 Å². The van der Waals surface area contributed by atoms with Crippen molar-refractivity contribution in [3.63, 3.8) is 0 Å².